The highest BCUT2D eigenvalue weighted by Crippen LogP contribution is 2.32. The van der Waals surface area contributed by atoms with E-state index in [1.54, 1.807) is 18.5 Å². The van der Waals surface area contributed by atoms with Gasteiger partial charge in [-0.05, 0) is 26.7 Å². The van der Waals surface area contributed by atoms with Gasteiger partial charge in [0.15, 0.2) is 16.9 Å². The normalized spacial score (nSPS) is 20.5. The lowest BCUT2D eigenvalue weighted by molar-refractivity contribution is 0.427. The summed E-state index contributed by atoms with van der Waals surface area (Å²) in [5, 5.41) is 7.53. The van der Waals surface area contributed by atoms with Crippen LogP contribution in [0.25, 0.3) is 11.2 Å². The standard InChI is InChI=1S/C17H20ClN7O/c1-9-7-11(19)4-6-25(9)13-8-21-15-16(22-13)23-24-17(15)26-12-3-5-20-10(2)14(12)18/h3,5,8-9,11H,4,6-7,19H2,1-2H3,(H,22,23,24)/t9-,11+/m0/s1. The van der Waals surface area contributed by atoms with Crippen LogP contribution >= 0.6 is 11.6 Å². The number of rotatable bonds is 3. The van der Waals surface area contributed by atoms with E-state index in [2.05, 4.69) is 37.0 Å². The van der Waals surface area contributed by atoms with E-state index in [9.17, 15) is 0 Å². The van der Waals surface area contributed by atoms with Gasteiger partial charge in [-0.25, -0.2) is 9.97 Å². The van der Waals surface area contributed by atoms with Crippen LogP contribution in [-0.4, -0.2) is 43.8 Å². The third-order valence-corrected chi connectivity index (χ3v) is 5.13. The molecular formula is C17H20ClN7O. The van der Waals surface area contributed by atoms with Crippen molar-refractivity contribution in [1.82, 2.24) is 25.1 Å². The number of nitrogens with one attached hydrogen (secondary N) is 1. The van der Waals surface area contributed by atoms with Crippen LogP contribution in [0, 0.1) is 6.92 Å². The summed E-state index contributed by atoms with van der Waals surface area (Å²) in [6.45, 7) is 4.84. The Bertz CT molecular complexity index is 944. The Labute approximate surface area is 155 Å². The van der Waals surface area contributed by atoms with Gasteiger partial charge in [-0.15, -0.1) is 5.10 Å². The summed E-state index contributed by atoms with van der Waals surface area (Å²) in [5.74, 6) is 1.63. The van der Waals surface area contributed by atoms with Gasteiger partial charge in [-0.2, -0.15) is 0 Å². The minimum Gasteiger partial charge on any atom is -0.434 e. The van der Waals surface area contributed by atoms with Gasteiger partial charge in [-0.3, -0.25) is 10.1 Å². The molecule has 2 atom stereocenters. The molecule has 4 rings (SSSR count). The van der Waals surface area contributed by atoms with E-state index in [1.807, 2.05) is 6.92 Å². The Hall–Kier alpha value is -2.45. The number of nitrogens with two attached hydrogens (primary N) is 1. The molecule has 3 aromatic heterocycles. The van der Waals surface area contributed by atoms with Crippen LogP contribution in [0.1, 0.15) is 25.5 Å². The highest BCUT2D eigenvalue weighted by atomic mass is 35.5. The van der Waals surface area contributed by atoms with Gasteiger partial charge in [0.05, 0.1) is 11.9 Å². The van der Waals surface area contributed by atoms with Crippen molar-refractivity contribution in [2.75, 3.05) is 11.4 Å². The third-order valence-electron chi connectivity index (χ3n) is 4.67. The number of aromatic nitrogens is 5. The molecule has 1 aliphatic heterocycles. The molecule has 0 spiro atoms. The quantitative estimate of drug-likeness (QED) is 0.727. The Morgan fingerprint density at radius 1 is 1.38 bits per heavy atom. The van der Waals surface area contributed by atoms with E-state index in [4.69, 9.17) is 22.1 Å². The number of aromatic amines is 1. The Morgan fingerprint density at radius 3 is 3.04 bits per heavy atom. The van der Waals surface area contributed by atoms with Gasteiger partial charge in [0.2, 0.25) is 0 Å². The highest BCUT2D eigenvalue weighted by molar-refractivity contribution is 6.32. The van der Waals surface area contributed by atoms with E-state index >= 15 is 0 Å². The predicted molar refractivity (Wildman–Crippen MR) is 99.8 cm³/mol. The third kappa shape index (κ3) is 3.06. The van der Waals surface area contributed by atoms with E-state index in [0.717, 1.165) is 25.2 Å². The van der Waals surface area contributed by atoms with Crippen molar-refractivity contribution in [1.29, 1.82) is 0 Å². The molecule has 3 N–H and O–H groups in total. The maximum atomic E-state index is 6.24. The Kier molecular flexibility index (Phi) is 4.37. The van der Waals surface area contributed by atoms with Crippen LogP contribution < -0.4 is 15.4 Å². The van der Waals surface area contributed by atoms with Gasteiger partial charge in [0.1, 0.15) is 10.8 Å². The number of pyridine rings is 1. The van der Waals surface area contributed by atoms with Crippen molar-refractivity contribution >= 4 is 28.6 Å². The topological polar surface area (TPSA) is 106 Å². The lowest BCUT2D eigenvalue weighted by Crippen LogP contribution is -2.46. The molecule has 3 aromatic rings. The Balaban J connectivity index is 1.62. The van der Waals surface area contributed by atoms with Gasteiger partial charge < -0.3 is 15.4 Å². The molecule has 8 nitrogen and oxygen atoms in total. The lowest BCUT2D eigenvalue weighted by atomic mass is 9.99. The van der Waals surface area contributed by atoms with Gasteiger partial charge in [0.25, 0.3) is 5.88 Å². The molecule has 0 radical (unpaired) electrons. The molecule has 1 aliphatic rings. The summed E-state index contributed by atoms with van der Waals surface area (Å²) < 4.78 is 5.82. The number of fused-ring (bicyclic) bond motifs is 1. The fourth-order valence-corrected chi connectivity index (χ4v) is 3.39. The number of hydrogen-bond donors (Lipinski definition) is 2. The molecule has 0 amide bonds. The van der Waals surface area contributed by atoms with Crippen molar-refractivity contribution in [3.05, 3.63) is 29.2 Å². The number of piperidine rings is 1. The van der Waals surface area contributed by atoms with Crippen molar-refractivity contribution in [3.63, 3.8) is 0 Å². The van der Waals surface area contributed by atoms with Gasteiger partial charge in [0, 0.05) is 30.9 Å². The van der Waals surface area contributed by atoms with Crippen LogP contribution in [0.5, 0.6) is 11.6 Å². The summed E-state index contributed by atoms with van der Waals surface area (Å²) in [6.07, 6.45) is 5.27. The summed E-state index contributed by atoms with van der Waals surface area (Å²) in [7, 11) is 0. The zero-order chi connectivity index (χ0) is 18.3. The summed E-state index contributed by atoms with van der Waals surface area (Å²) >= 11 is 6.24. The Morgan fingerprint density at radius 2 is 2.23 bits per heavy atom. The number of aryl methyl sites for hydroxylation is 1. The molecule has 0 bridgehead atoms. The number of halogens is 1. The molecule has 0 aromatic carbocycles. The van der Waals surface area contributed by atoms with E-state index in [-0.39, 0.29) is 6.04 Å². The number of hydrogen-bond acceptors (Lipinski definition) is 7. The number of H-pyrrole nitrogens is 1. The summed E-state index contributed by atoms with van der Waals surface area (Å²) in [5.41, 5.74) is 7.86. The second kappa shape index (κ2) is 6.69. The fourth-order valence-electron chi connectivity index (χ4n) is 3.24. The molecular weight excluding hydrogens is 354 g/mol. The van der Waals surface area contributed by atoms with E-state index < -0.39 is 0 Å². The second-order valence-corrected chi connectivity index (χ2v) is 6.97. The number of nitrogens with zero attached hydrogens (tertiary/aromatic N) is 5. The van der Waals surface area contributed by atoms with Crippen LogP contribution in [0.3, 0.4) is 0 Å². The van der Waals surface area contributed by atoms with Crippen LogP contribution in [0.2, 0.25) is 5.02 Å². The SMILES string of the molecule is Cc1nccc(Oc2n[nH]c3nc(N4CC[C@@H](N)C[C@@H]4C)cnc23)c1Cl. The summed E-state index contributed by atoms with van der Waals surface area (Å²) in [6, 6.07) is 2.26. The van der Waals surface area contributed by atoms with Crippen molar-refractivity contribution in [2.45, 2.75) is 38.8 Å². The summed E-state index contributed by atoms with van der Waals surface area (Å²) in [4.78, 5) is 15.5. The molecule has 136 valence electrons. The van der Waals surface area contributed by atoms with Gasteiger partial charge in [-0.1, -0.05) is 11.6 Å². The van der Waals surface area contributed by atoms with Crippen LogP contribution in [0.15, 0.2) is 18.5 Å². The molecule has 1 saturated heterocycles. The number of anilines is 1. The molecule has 0 saturated carbocycles. The maximum Gasteiger partial charge on any atom is 0.266 e. The zero-order valence-electron chi connectivity index (χ0n) is 14.6. The second-order valence-electron chi connectivity index (χ2n) is 6.59. The average Bonchev–Trinajstić information content (AvgIpc) is 3.01. The minimum absolute atomic E-state index is 0.249. The monoisotopic (exact) mass is 373 g/mol. The first-order valence-electron chi connectivity index (χ1n) is 8.55. The van der Waals surface area contributed by atoms with Crippen molar-refractivity contribution in [3.8, 4) is 11.6 Å². The van der Waals surface area contributed by atoms with E-state index in [0.29, 0.717) is 39.6 Å². The van der Waals surface area contributed by atoms with Crippen LogP contribution in [-0.2, 0) is 0 Å². The maximum absolute atomic E-state index is 6.24. The van der Waals surface area contributed by atoms with Crippen molar-refractivity contribution < 1.29 is 4.74 Å². The molecule has 9 heteroatoms. The van der Waals surface area contributed by atoms with Gasteiger partial charge >= 0.3 is 0 Å². The molecule has 1 fully saturated rings. The molecule has 4 heterocycles. The predicted octanol–water partition coefficient (Wildman–Crippen LogP) is 2.82. The molecule has 0 unspecified atom stereocenters. The highest BCUT2D eigenvalue weighted by Gasteiger charge is 2.25. The molecule has 26 heavy (non-hydrogen) atoms. The first-order chi connectivity index (χ1) is 12.5. The molecule has 0 aliphatic carbocycles. The zero-order valence-corrected chi connectivity index (χ0v) is 15.4. The lowest BCUT2D eigenvalue weighted by Gasteiger charge is -2.36. The average molecular weight is 374 g/mol. The van der Waals surface area contributed by atoms with Crippen molar-refractivity contribution in [2.24, 2.45) is 5.73 Å². The first kappa shape index (κ1) is 17.0. The smallest absolute Gasteiger partial charge is 0.266 e. The number of ether oxygens (including phenoxy) is 1. The first-order valence-corrected chi connectivity index (χ1v) is 8.93. The van der Waals surface area contributed by atoms with Crippen LogP contribution in [0.4, 0.5) is 5.82 Å². The largest absolute Gasteiger partial charge is 0.434 e. The minimum atomic E-state index is 0.249. The van der Waals surface area contributed by atoms with E-state index in [1.165, 1.54) is 0 Å². The fraction of sp³-hybridized carbons (Fsp3) is 0.412.